The molecular weight excluding hydrogens is 316 g/mol. The number of nitrogens with one attached hydrogen (secondary N) is 3. The van der Waals surface area contributed by atoms with Gasteiger partial charge in [-0.3, -0.25) is 9.59 Å². The average molecular weight is 337 g/mol. The van der Waals surface area contributed by atoms with E-state index in [1.54, 1.807) is 13.0 Å². The Balaban J connectivity index is 0.00000400. The van der Waals surface area contributed by atoms with E-state index in [1.807, 2.05) is 14.0 Å². The van der Waals surface area contributed by atoms with E-state index in [9.17, 15) is 9.59 Å². The third-order valence-electron chi connectivity index (χ3n) is 2.46. The highest BCUT2D eigenvalue weighted by molar-refractivity contribution is 8.00. The summed E-state index contributed by atoms with van der Waals surface area (Å²) in [6.07, 6.45) is 0. The number of halogens is 1. The van der Waals surface area contributed by atoms with E-state index in [-0.39, 0.29) is 41.8 Å². The van der Waals surface area contributed by atoms with Crippen molar-refractivity contribution >= 4 is 41.8 Å². The third kappa shape index (κ3) is 8.59. The lowest BCUT2D eigenvalue weighted by molar-refractivity contribution is -0.118. The van der Waals surface area contributed by atoms with Gasteiger partial charge in [0, 0.05) is 18.7 Å². The van der Waals surface area contributed by atoms with Crippen molar-refractivity contribution in [2.45, 2.75) is 19.9 Å². The maximum atomic E-state index is 11.6. The molecule has 9 heteroatoms. The van der Waals surface area contributed by atoms with Gasteiger partial charge in [-0.1, -0.05) is 5.16 Å². The number of nitrogens with zero attached hydrogens (tertiary/aromatic N) is 1. The molecule has 1 unspecified atom stereocenters. The van der Waals surface area contributed by atoms with Crippen LogP contribution in [0.1, 0.15) is 12.7 Å². The molecule has 0 aromatic carbocycles. The van der Waals surface area contributed by atoms with Crippen LogP contribution < -0.4 is 16.0 Å². The maximum Gasteiger partial charge on any atom is 0.235 e. The van der Waals surface area contributed by atoms with Crippen LogP contribution in [0.4, 0.5) is 5.82 Å². The number of anilines is 1. The Kier molecular flexibility index (Phi) is 9.85. The predicted molar refractivity (Wildman–Crippen MR) is 86.0 cm³/mol. The van der Waals surface area contributed by atoms with E-state index in [0.717, 1.165) is 0 Å². The number of carbonyl (C=O) groups excluding carboxylic acids is 2. The molecule has 7 nitrogen and oxygen atoms in total. The van der Waals surface area contributed by atoms with Crippen LogP contribution in [0.25, 0.3) is 0 Å². The lowest BCUT2D eigenvalue weighted by Crippen LogP contribution is -2.38. The zero-order valence-electron chi connectivity index (χ0n) is 12.3. The van der Waals surface area contributed by atoms with E-state index in [4.69, 9.17) is 4.52 Å². The average Bonchev–Trinajstić information content (AvgIpc) is 2.81. The van der Waals surface area contributed by atoms with Crippen molar-refractivity contribution in [3.63, 3.8) is 0 Å². The molecule has 0 radical (unpaired) electrons. The Hall–Kier alpha value is -1.25. The number of aryl methyl sites for hydroxylation is 1. The molecule has 1 atom stereocenters. The summed E-state index contributed by atoms with van der Waals surface area (Å²) in [4.78, 5) is 23.0. The molecule has 1 rings (SSSR count). The minimum atomic E-state index is -0.209. The highest BCUT2D eigenvalue weighted by Gasteiger charge is 2.08. The van der Waals surface area contributed by atoms with Gasteiger partial charge in [-0.2, -0.15) is 0 Å². The predicted octanol–water partition coefficient (Wildman–Crippen LogP) is 0.801. The zero-order valence-corrected chi connectivity index (χ0v) is 13.9. The smallest absolute Gasteiger partial charge is 0.235 e. The SMILES string of the molecule is CNC(C)CNC(=O)CSCC(=O)Nc1cc(C)on1.Cl. The molecule has 0 spiro atoms. The number of rotatable bonds is 8. The first-order valence-electron chi connectivity index (χ1n) is 6.26. The third-order valence-corrected chi connectivity index (χ3v) is 3.39. The van der Waals surface area contributed by atoms with E-state index in [2.05, 4.69) is 21.1 Å². The van der Waals surface area contributed by atoms with Crippen LogP contribution in [0.5, 0.6) is 0 Å². The van der Waals surface area contributed by atoms with Crippen LogP contribution in [0.2, 0.25) is 0 Å². The summed E-state index contributed by atoms with van der Waals surface area (Å²) in [5.41, 5.74) is 0. The molecule has 0 saturated carbocycles. The van der Waals surface area contributed by atoms with Gasteiger partial charge >= 0.3 is 0 Å². The molecule has 1 aromatic heterocycles. The Labute approximate surface area is 134 Å². The van der Waals surface area contributed by atoms with Crippen molar-refractivity contribution in [3.8, 4) is 0 Å². The Morgan fingerprint density at radius 1 is 1.38 bits per heavy atom. The molecule has 0 aliphatic carbocycles. The summed E-state index contributed by atoms with van der Waals surface area (Å²) in [5, 5.41) is 12.0. The van der Waals surface area contributed by atoms with Crippen LogP contribution in [0, 0.1) is 6.92 Å². The van der Waals surface area contributed by atoms with Crippen molar-refractivity contribution < 1.29 is 14.1 Å². The van der Waals surface area contributed by atoms with Crippen molar-refractivity contribution in [1.29, 1.82) is 0 Å². The standard InChI is InChI=1S/C12H20N4O3S.ClH/c1-8(13-3)5-14-11(17)6-20-7-12(18)15-10-4-9(2)19-16-10;/h4,8,13H,5-7H2,1-3H3,(H,14,17)(H,15,16,18);1H. The minimum absolute atomic E-state index is 0. The van der Waals surface area contributed by atoms with Crippen molar-refractivity contribution in [2.24, 2.45) is 0 Å². The largest absolute Gasteiger partial charge is 0.360 e. The van der Waals surface area contributed by atoms with Gasteiger partial charge in [0.25, 0.3) is 0 Å². The Bertz CT molecular complexity index is 455. The second-order valence-electron chi connectivity index (χ2n) is 4.36. The van der Waals surface area contributed by atoms with Crippen molar-refractivity contribution in [3.05, 3.63) is 11.8 Å². The van der Waals surface area contributed by atoms with E-state index in [1.165, 1.54) is 11.8 Å². The lowest BCUT2D eigenvalue weighted by Gasteiger charge is -2.11. The number of hydrogen-bond acceptors (Lipinski definition) is 6. The quantitative estimate of drug-likeness (QED) is 0.650. The first-order chi connectivity index (χ1) is 9.51. The van der Waals surface area contributed by atoms with Gasteiger partial charge in [-0.25, -0.2) is 0 Å². The number of likely N-dealkylation sites (N-methyl/N-ethyl adjacent to an activating group) is 1. The van der Waals surface area contributed by atoms with Gasteiger partial charge in [0.05, 0.1) is 11.5 Å². The summed E-state index contributed by atoms with van der Waals surface area (Å²) < 4.78 is 4.83. The Morgan fingerprint density at radius 2 is 2.05 bits per heavy atom. The minimum Gasteiger partial charge on any atom is -0.360 e. The Morgan fingerprint density at radius 3 is 2.62 bits per heavy atom. The fourth-order valence-corrected chi connectivity index (χ4v) is 1.91. The molecule has 2 amide bonds. The van der Waals surface area contributed by atoms with Gasteiger partial charge in [0.15, 0.2) is 5.82 Å². The molecule has 120 valence electrons. The number of carbonyl (C=O) groups is 2. The summed E-state index contributed by atoms with van der Waals surface area (Å²) >= 11 is 1.25. The van der Waals surface area contributed by atoms with Crippen LogP contribution >= 0.6 is 24.2 Å². The van der Waals surface area contributed by atoms with E-state index >= 15 is 0 Å². The second-order valence-corrected chi connectivity index (χ2v) is 5.34. The van der Waals surface area contributed by atoms with Gasteiger partial charge in [-0.15, -0.1) is 24.2 Å². The first-order valence-corrected chi connectivity index (χ1v) is 7.41. The van der Waals surface area contributed by atoms with Crippen LogP contribution in [0.3, 0.4) is 0 Å². The molecule has 3 N–H and O–H groups in total. The molecule has 1 heterocycles. The monoisotopic (exact) mass is 336 g/mol. The van der Waals surface area contributed by atoms with Crippen LogP contribution in [-0.2, 0) is 9.59 Å². The molecule has 21 heavy (non-hydrogen) atoms. The summed E-state index contributed by atoms with van der Waals surface area (Å²) in [6.45, 7) is 4.29. The van der Waals surface area contributed by atoms with Crippen molar-refractivity contribution in [1.82, 2.24) is 15.8 Å². The fourth-order valence-electron chi connectivity index (χ4n) is 1.26. The van der Waals surface area contributed by atoms with E-state index in [0.29, 0.717) is 18.1 Å². The van der Waals surface area contributed by atoms with Gasteiger partial charge < -0.3 is 20.5 Å². The first kappa shape index (κ1) is 19.8. The summed E-state index contributed by atoms with van der Waals surface area (Å²) in [5.74, 6) is 1.18. The van der Waals surface area contributed by atoms with E-state index < -0.39 is 0 Å². The molecule has 0 fully saturated rings. The number of aromatic nitrogens is 1. The highest BCUT2D eigenvalue weighted by atomic mass is 35.5. The topological polar surface area (TPSA) is 96.3 Å². The number of hydrogen-bond donors (Lipinski definition) is 3. The maximum absolute atomic E-state index is 11.6. The fraction of sp³-hybridized carbons (Fsp3) is 0.583. The van der Waals surface area contributed by atoms with Crippen molar-refractivity contribution in [2.75, 3.05) is 30.4 Å². The molecular formula is C12H21ClN4O3S. The summed E-state index contributed by atoms with van der Waals surface area (Å²) in [7, 11) is 1.83. The normalized spacial score (nSPS) is 11.4. The molecule has 0 bridgehead atoms. The molecule has 0 aliphatic heterocycles. The van der Waals surface area contributed by atoms with Crippen LogP contribution in [-0.4, -0.2) is 48.1 Å². The van der Waals surface area contributed by atoms with Gasteiger partial charge in [0.2, 0.25) is 11.8 Å². The number of amides is 2. The molecule has 0 saturated heterocycles. The second kappa shape index (κ2) is 10.5. The molecule has 1 aromatic rings. The zero-order chi connectivity index (χ0) is 15.0. The lowest BCUT2D eigenvalue weighted by atomic mass is 10.3. The van der Waals surface area contributed by atoms with Crippen LogP contribution in [0.15, 0.2) is 10.6 Å². The molecule has 0 aliphatic rings. The summed E-state index contributed by atoms with van der Waals surface area (Å²) in [6, 6.07) is 1.86. The number of thioether (sulfide) groups is 1. The van der Waals surface area contributed by atoms with Gasteiger partial charge in [-0.05, 0) is 20.9 Å². The van der Waals surface area contributed by atoms with Gasteiger partial charge in [0.1, 0.15) is 5.76 Å². The highest BCUT2D eigenvalue weighted by Crippen LogP contribution is 2.08.